The molecule has 0 bridgehead atoms. The van der Waals surface area contributed by atoms with Gasteiger partial charge < -0.3 is 5.73 Å². The van der Waals surface area contributed by atoms with Crippen molar-refractivity contribution in [1.82, 2.24) is 4.98 Å². The van der Waals surface area contributed by atoms with Gasteiger partial charge in [0.2, 0.25) is 0 Å². The van der Waals surface area contributed by atoms with E-state index in [1.165, 1.54) is 27.6 Å². The fourth-order valence-electron chi connectivity index (χ4n) is 1.99. The van der Waals surface area contributed by atoms with Crippen molar-refractivity contribution in [3.63, 3.8) is 0 Å². The molecule has 5 heteroatoms. The molecule has 0 amide bonds. The summed E-state index contributed by atoms with van der Waals surface area (Å²) in [5, 5.41) is 8.38. The molecule has 3 rings (SSSR count). The lowest BCUT2D eigenvalue weighted by Gasteiger charge is -2.00. The second-order valence-corrected chi connectivity index (χ2v) is 6.44. The van der Waals surface area contributed by atoms with Gasteiger partial charge in [-0.1, -0.05) is 48.2 Å². The Morgan fingerprint density at radius 2 is 1.95 bits per heavy atom. The minimum absolute atomic E-state index is 0.134. The van der Waals surface area contributed by atoms with Crippen molar-refractivity contribution in [2.75, 3.05) is 0 Å². The Hall–Kier alpha value is -1.85. The van der Waals surface area contributed by atoms with Crippen LogP contribution in [-0.2, 0) is 5.75 Å². The van der Waals surface area contributed by atoms with E-state index in [4.69, 9.17) is 11.1 Å². The molecule has 0 spiro atoms. The number of aromatic nitrogens is 1. The molecule has 100 valence electrons. The summed E-state index contributed by atoms with van der Waals surface area (Å²) in [6.07, 6.45) is 0. The van der Waals surface area contributed by atoms with Crippen molar-refractivity contribution in [1.29, 1.82) is 5.41 Å². The quantitative estimate of drug-likeness (QED) is 0.565. The highest BCUT2D eigenvalue weighted by atomic mass is 32.2. The number of nitrogens with one attached hydrogen (secondary N) is 1. The van der Waals surface area contributed by atoms with Crippen molar-refractivity contribution >= 4 is 38.5 Å². The van der Waals surface area contributed by atoms with Gasteiger partial charge >= 0.3 is 0 Å². The van der Waals surface area contributed by atoms with Crippen LogP contribution in [0.3, 0.4) is 0 Å². The molecule has 20 heavy (non-hydrogen) atoms. The Kier molecular flexibility index (Phi) is 3.71. The zero-order valence-electron chi connectivity index (χ0n) is 10.7. The lowest BCUT2D eigenvalue weighted by atomic mass is 10.1. The van der Waals surface area contributed by atoms with E-state index in [0.717, 1.165) is 10.5 Å². The third-order valence-corrected chi connectivity index (χ3v) is 4.84. The van der Waals surface area contributed by atoms with Gasteiger partial charge in [0.25, 0.3) is 0 Å². The Bertz CT molecular complexity index is 750. The molecule has 0 aliphatic rings. The average Bonchev–Trinajstić information content (AvgIpc) is 2.88. The van der Waals surface area contributed by atoms with Gasteiger partial charge in [-0.25, -0.2) is 4.98 Å². The fraction of sp³-hybridized carbons (Fsp3) is 0.0667. The highest BCUT2D eigenvalue weighted by Crippen LogP contribution is 2.29. The third kappa shape index (κ3) is 2.84. The van der Waals surface area contributed by atoms with Crippen LogP contribution in [0.25, 0.3) is 21.3 Å². The monoisotopic (exact) mass is 299 g/mol. The fourth-order valence-corrected chi connectivity index (χ4v) is 3.49. The van der Waals surface area contributed by atoms with Crippen LogP contribution in [0, 0.1) is 5.41 Å². The number of amidine groups is 1. The van der Waals surface area contributed by atoms with E-state index in [1.54, 1.807) is 11.3 Å². The van der Waals surface area contributed by atoms with Crippen molar-refractivity contribution < 1.29 is 0 Å². The van der Waals surface area contributed by atoms with Gasteiger partial charge in [0.1, 0.15) is 5.01 Å². The molecule has 0 fully saturated rings. The van der Waals surface area contributed by atoms with Crippen molar-refractivity contribution in [3.05, 3.63) is 53.5 Å². The zero-order chi connectivity index (χ0) is 13.9. The predicted octanol–water partition coefficient (Wildman–Crippen LogP) is 4.09. The summed E-state index contributed by atoms with van der Waals surface area (Å²) in [4.78, 5) is 4.62. The van der Waals surface area contributed by atoms with Crippen LogP contribution in [0.1, 0.15) is 5.01 Å². The molecule has 3 aromatic rings. The summed E-state index contributed by atoms with van der Waals surface area (Å²) in [7, 11) is 0. The summed E-state index contributed by atoms with van der Waals surface area (Å²) in [6, 6.07) is 16.6. The maximum atomic E-state index is 7.24. The molecule has 3 N–H and O–H groups in total. The lowest BCUT2D eigenvalue weighted by Crippen LogP contribution is -2.03. The Morgan fingerprint density at radius 1 is 1.15 bits per heavy atom. The molecular formula is C15H13N3S2. The van der Waals surface area contributed by atoms with E-state index >= 15 is 0 Å². The van der Waals surface area contributed by atoms with Crippen molar-refractivity contribution in [3.8, 4) is 11.1 Å². The minimum Gasteiger partial charge on any atom is -0.379 e. The molecule has 0 saturated carbocycles. The number of thioether (sulfide) groups is 1. The SMILES string of the molecule is N=C(N)SCc1nc2cc(-c3ccccc3)ccc2s1. The Morgan fingerprint density at radius 3 is 2.70 bits per heavy atom. The number of rotatable bonds is 3. The Labute approximate surface area is 125 Å². The molecule has 1 aromatic heterocycles. The largest absolute Gasteiger partial charge is 0.379 e. The van der Waals surface area contributed by atoms with E-state index in [2.05, 4.69) is 35.3 Å². The van der Waals surface area contributed by atoms with Crippen LogP contribution in [-0.4, -0.2) is 10.2 Å². The van der Waals surface area contributed by atoms with Gasteiger partial charge in [0, 0.05) is 0 Å². The average molecular weight is 299 g/mol. The van der Waals surface area contributed by atoms with Gasteiger partial charge in [-0.3, -0.25) is 5.41 Å². The van der Waals surface area contributed by atoms with E-state index in [9.17, 15) is 0 Å². The first-order chi connectivity index (χ1) is 9.72. The Balaban J connectivity index is 1.93. The minimum atomic E-state index is 0.134. The normalized spacial score (nSPS) is 10.8. The highest BCUT2D eigenvalue weighted by molar-refractivity contribution is 8.13. The predicted molar refractivity (Wildman–Crippen MR) is 88.3 cm³/mol. The van der Waals surface area contributed by atoms with E-state index in [0.29, 0.717) is 5.75 Å². The number of nitrogens with two attached hydrogens (primary N) is 1. The summed E-state index contributed by atoms with van der Waals surface area (Å²) >= 11 is 2.97. The van der Waals surface area contributed by atoms with Gasteiger partial charge in [-0.05, 0) is 23.3 Å². The van der Waals surface area contributed by atoms with Crippen LogP contribution >= 0.6 is 23.1 Å². The first-order valence-electron chi connectivity index (χ1n) is 6.14. The second kappa shape index (κ2) is 5.64. The van der Waals surface area contributed by atoms with Crippen LogP contribution in [0.15, 0.2) is 48.5 Å². The number of thiazole rings is 1. The summed E-state index contributed by atoms with van der Waals surface area (Å²) in [5.74, 6) is 0.662. The molecule has 1 heterocycles. The summed E-state index contributed by atoms with van der Waals surface area (Å²) < 4.78 is 1.17. The van der Waals surface area contributed by atoms with E-state index in [1.807, 2.05) is 18.2 Å². The molecule has 0 aliphatic heterocycles. The molecule has 0 unspecified atom stereocenters. The number of nitrogens with zero attached hydrogens (tertiary/aromatic N) is 1. The zero-order valence-corrected chi connectivity index (χ0v) is 12.3. The lowest BCUT2D eigenvalue weighted by molar-refractivity contribution is 1.31. The first kappa shape index (κ1) is 13.1. The summed E-state index contributed by atoms with van der Waals surface area (Å²) in [6.45, 7) is 0. The molecule has 2 aromatic carbocycles. The van der Waals surface area contributed by atoms with Gasteiger partial charge in [0.05, 0.1) is 16.0 Å². The van der Waals surface area contributed by atoms with E-state index < -0.39 is 0 Å². The maximum Gasteiger partial charge on any atom is 0.151 e. The molecule has 0 atom stereocenters. The van der Waals surface area contributed by atoms with Crippen LogP contribution in [0.2, 0.25) is 0 Å². The third-order valence-electron chi connectivity index (χ3n) is 2.89. The topological polar surface area (TPSA) is 62.8 Å². The second-order valence-electron chi connectivity index (χ2n) is 4.31. The smallest absolute Gasteiger partial charge is 0.151 e. The van der Waals surface area contributed by atoms with Crippen LogP contribution in [0.5, 0.6) is 0 Å². The molecule has 0 radical (unpaired) electrons. The number of hydrogen-bond donors (Lipinski definition) is 2. The number of benzene rings is 2. The van der Waals surface area contributed by atoms with Crippen LogP contribution < -0.4 is 5.73 Å². The standard InChI is InChI=1S/C15H13N3S2/c16-15(17)19-9-14-18-12-8-11(6-7-13(12)20-14)10-4-2-1-3-5-10/h1-8H,9H2,(H3,16,17). The number of fused-ring (bicyclic) bond motifs is 1. The van der Waals surface area contributed by atoms with Gasteiger partial charge in [-0.2, -0.15) is 0 Å². The molecular weight excluding hydrogens is 286 g/mol. The van der Waals surface area contributed by atoms with Crippen molar-refractivity contribution in [2.45, 2.75) is 5.75 Å². The molecule has 0 saturated heterocycles. The van der Waals surface area contributed by atoms with Gasteiger partial charge in [0.15, 0.2) is 5.17 Å². The molecule has 0 aliphatic carbocycles. The van der Waals surface area contributed by atoms with Crippen molar-refractivity contribution in [2.24, 2.45) is 5.73 Å². The first-order valence-corrected chi connectivity index (χ1v) is 7.94. The maximum absolute atomic E-state index is 7.24. The van der Waals surface area contributed by atoms with E-state index in [-0.39, 0.29) is 5.17 Å². The number of hydrogen-bond acceptors (Lipinski definition) is 4. The van der Waals surface area contributed by atoms with Gasteiger partial charge in [-0.15, -0.1) is 11.3 Å². The van der Waals surface area contributed by atoms with Crippen LogP contribution in [0.4, 0.5) is 0 Å². The highest BCUT2D eigenvalue weighted by Gasteiger charge is 2.06. The molecule has 3 nitrogen and oxygen atoms in total. The summed E-state index contributed by atoms with van der Waals surface area (Å²) in [5.41, 5.74) is 8.74.